The molecule has 0 radical (unpaired) electrons. The van der Waals surface area contributed by atoms with Crippen molar-refractivity contribution < 1.29 is 9.90 Å². The Kier molecular flexibility index (Phi) is 3.90. The maximum Gasteiger partial charge on any atom is 0.313 e. The smallest absolute Gasteiger partial charge is 0.313 e. The van der Waals surface area contributed by atoms with Crippen molar-refractivity contribution in [2.75, 3.05) is 12.3 Å². The molecule has 1 atom stereocenters. The molecule has 0 amide bonds. The van der Waals surface area contributed by atoms with Crippen molar-refractivity contribution in [1.29, 1.82) is 0 Å². The van der Waals surface area contributed by atoms with Crippen LogP contribution in [-0.2, 0) is 10.2 Å². The molecule has 88 valence electrons. The average molecular weight is 222 g/mol. The minimum absolute atomic E-state index is 0.482. The molecule has 1 aromatic carbocycles. The highest BCUT2D eigenvalue weighted by Gasteiger charge is 2.35. The molecule has 1 rings (SSSR count). The Morgan fingerprint density at radius 3 is 2.56 bits per heavy atom. The molecule has 0 aliphatic heterocycles. The van der Waals surface area contributed by atoms with E-state index in [0.717, 1.165) is 0 Å². The molecule has 0 saturated heterocycles. The highest BCUT2D eigenvalue weighted by molar-refractivity contribution is 5.83. The predicted octanol–water partition coefficient (Wildman–Crippen LogP) is 1.35. The standard InChI is InChI=1S/C12H18N2O2/c1-12(11(15)16,7-4-8-13)9-5-2-3-6-10(9)14/h2-3,5-6H,4,7-8,13-14H2,1H3,(H,15,16). The Morgan fingerprint density at radius 1 is 1.44 bits per heavy atom. The van der Waals surface area contributed by atoms with Crippen LogP contribution in [0.1, 0.15) is 25.3 Å². The van der Waals surface area contributed by atoms with Crippen LogP contribution in [0.5, 0.6) is 0 Å². The summed E-state index contributed by atoms with van der Waals surface area (Å²) in [4.78, 5) is 11.4. The van der Waals surface area contributed by atoms with Gasteiger partial charge in [0, 0.05) is 5.69 Å². The van der Waals surface area contributed by atoms with Gasteiger partial charge in [0.15, 0.2) is 0 Å². The number of aliphatic carboxylic acids is 1. The SMILES string of the molecule is CC(CCCN)(C(=O)O)c1ccccc1N. The topological polar surface area (TPSA) is 89.3 Å². The molecular formula is C12H18N2O2. The minimum atomic E-state index is -0.954. The Bertz CT molecular complexity index is 379. The second-order valence-corrected chi connectivity index (χ2v) is 4.12. The van der Waals surface area contributed by atoms with Crippen molar-refractivity contribution in [3.63, 3.8) is 0 Å². The maximum atomic E-state index is 11.4. The molecule has 0 saturated carbocycles. The van der Waals surface area contributed by atoms with E-state index in [2.05, 4.69) is 0 Å². The van der Waals surface area contributed by atoms with Gasteiger partial charge in [-0.15, -0.1) is 0 Å². The minimum Gasteiger partial charge on any atom is -0.481 e. The number of nitrogen functional groups attached to an aromatic ring is 1. The lowest BCUT2D eigenvalue weighted by molar-refractivity contribution is -0.143. The fraction of sp³-hybridized carbons (Fsp3) is 0.417. The fourth-order valence-electron chi connectivity index (χ4n) is 1.81. The summed E-state index contributed by atoms with van der Waals surface area (Å²) in [5.74, 6) is -0.862. The largest absolute Gasteiger partial charge is 0.481 e. The van der Waals surface area contributed by atoms with Gasteiger partial charge in [-0.2, -0.15) is 0 Å². The van der Waals surface area contributed by atoms with E-state index < -0.39 is 11.4 Å². The zero-order chi connectivity index (χ0) is 12.2. The van der Waals surface area contributed by atoms with E-state index in [1.165, 1.54) is 0 Å². The van der Waals surface area contributed by atoms with Gasteiger partial charge >= 0.3 is 5.97 Å². The summed E-state index contributed by atoms with van der Waals surface area (Å²) in [5, 5.41) is 9.34. The molecule has 4 heteroatoms. The lowest BCUT2D eigenvalue weighted by Gasteiger charge is -2.26. The van der Waals surface area contributed by atoms with E-state index in [-0.39, 0.29) is 0 Å². The van der Waals surface area contributed by atoms with Gasteiger partial charge in [0.25, 0.3) is 0 Å². The van der Waals surface area contributed by atoms with Crippen molar-refractivity contribution >= 4 is 11.7 Å². The molecule has 0 fully saturated rings. The third kappa shape index (κ3) is 2.33. The van der Waals surface area contributed by atoms with Crippen LogP contribution in [-0.4, -0.2) is 17.6 Å². The quantitative estimate of drug-likeness (QED) is 0.656. The summed E-state index contributed by atoms with van der Waals surface area (Å²) in [6, 6.07) is 7.08. The van der Waals surface area contributed by atoms with E-state index in [1.807, 2.05) is 0 Å². The molecule has 4 nitrogen and oxygen atoms in total. The summed E-state index contributed by atoms with van der Waals surface area (Å²) in [6.07, 6.45) is 1.16. The number of nitrogens with two attached hydrogens (primary N) is 2. The van der Waals surface area contributed by atoms with E-state index in [0.29, 0.717) is 30.6 Å². The van der Waals surface area contributed by atoms with Gasteiger partial charge in [-0.25, -0.2) is 0 Å². The summed E-state index contributed by atoms with van der Waals surface area (Å²) in [7, 11) is 0. The van der Waals surface area contributed by atoms with Gasteiger partial charge in [0.1, 0.15) is 0 Å². The Balaban J connectivity index is 3.11. The van der Waals surface area contributed by atoms with E-state index in [9.17, 15) is 9.90 Å². The number of hydrogen-bond donors (Lipinski definition) is 3. The van der Waals surface area contributed by atoms with Crippen LogP contribution in [0.2, 0.25) is 0 Å². The highest BCUT2D eigenvalue weighted by atomic mass is 16.4. The van der Waals surface area contributed by atoms with Crippen molar-refractivity contribution in [1.82, 2.24) is 0 Å². The normalized spacial score (nSPS) is 14.4. The zero-order valence-corrected chi connectivity index (χ0v) is 9.44. The summed E-state index contributed by atoms with van der Waals surface area (Å²) >= 11 is 0. The van der Waals surface area contributed by atoms with Crippen molar-refractivity contribution in [3.05, 3.63) is 29.8 Å². The molecule has 0 bridgehead atoms. The number of anilines is 1. The van der Waals surface area contributed by atoms with Crippen LogP contribution in [0.25, 0.3) is 0 Å². The Hall–Kier alpha value is -1.55. The molecular weight excluding hydrogens is 204 g/mol. The van der Waals surface area contributed by atoms with Crippen LogP contribution in [0.15, 0.2) is 24.3 Å². The first-order valence-electron chi connectivity index (χ1n) is 5.31. The molecule has 0 aliphatic rings. The highest BCUT2D eigenvalue weighted by Crippen LogP contribution is 2.33. The average Bonchev–Trinajstić information content (AvgIpc) is 2.26. The van der Waals surface area contributed by atoms with E-state index in [4.69, 9.17) is 11.5 Å². The molecule has 5 N–H and O–H groups in total. The number of carboxylic acids is 1. The second kappa shape index (κ2) is 4.99. The van der Waals surface area contributed by atoms with Gasteiger partial charge in [0.05, 0.1) is 5.41 Å². The van der Waals surface area contributed by atoms with Gasteiger partial charge in [-0.1, -0.05) is 18.2 Å². The number of hydrogen-bond acceptors (Lipinski definition) is 3. The number of benzene rings is 1. The van der Waals surface area contributed by atoms with E-state index in [1.54, 1.807) is 31.2 Å². The van der Waals surface area contributed by atoms with Crippen LogP contribution in [0, 0.1) is 0 Å². The molecule has 0 aromatic heterocycles. The lowest BCUT2D eigenvalue weighted by Crippen LogP contribution is -2.33. The predicted molar refractivity (Wildman–Crippen MR) is 64.1 cm³/mol. The molecule has 0 heterocycles. The third-order valence-corrected chi connectivity index (χ3v) is 2.91. The fourth-order valence-corrected chi connectivity index (χ4v) is 1.81. The van der Waals surface area contributed by atoms with Crippen molar-refractivity contribution in [2.24, 2.45) is 5.73 Å². The maximum absolute atomic E-state index is 11.4. The first-order chi connectivity index (χ1) is 7.52. The van der Waals surface area contributed by atoms with Gasteiger partial charge in [0.2, 0.25) is 0 Å². The lowest BCUT2D eigenvalue weighted by atomic mass is 9.78. The van der Waals surface area contributed by atoms with Crippen LogP contribution in [0.3, 0.4) is 0 Å². The molecule has 0 spiro atoms. The van der Waals surface area contributed by atoms with Crippen LogP contribution < -0.4 is 11.5 Å². The third-order valence-electron chi connectivity index (χ3n) is 2.91. The molecule has 0 aliphatic carbocycles. The molecule has 16 heavy (non-hydrogen) atoms. The first kappa shape index (κ1) is 12.5. The van der Waals surface area contributed by atoms with Gasteiger partial charge < -0.3 is 16.6 Å². The zero-order valence-electron chi connectivity index (χ0n) is 9.44. The molecule has 1 unspecified atom stereocenters. The Labute approximate surface area is 95.3 Å². The number of carboxylic acid groups (broad SMARTS) is 1. The monoisotopic (exact) mass is 222 g/mol. The van der Waals surface area contributed by atoms with Gasteiger partial charge in [-0.05, 0) is 37.9 Å². The second-order valence-electron chi connectivity index (χ2n) is 4.12. The molecule has 1 aromatic rings. The number of carbonyl (C=O) groups is 1. The number of rotatable bonds is 5. The van der Waals surface area contributed by atoms with Crippen molar-refractivity contribution in [3.8, 4) is 0 Å². The van der Waals surface area contributed by atoms with Crippen LogP contribution >= 0.6 is 0 Å². The van der Waals surface area contributed by atoms with Crippen molar-refractivity contribution in [2.45, 2.75) is 25.2 Å². The summed E-state index contributed by atoms with van der Waals surface area (Å²) in [5.41, 5.74) is 11.5. The summed E-state index contributed by atoms with van der Waals surface area (Å²) in [6.45, 7) is 2.17. The van der Waals surface area contributed by atoms with E-state index >= 15 is 0 Å². The summed E-state index contributed by atoms with van der Waals surface area (Å²) < 4.78 is 0. The number of para-hydroxylation sites is 1. The first-order valence-corrected chi connectivity index (χ1v) is 5.31. The Morgan fingerprint density at radius 2 is 2.06 bits per heavy atom. The van der Waals surface area contributed by atoms with Gasteiger partial charge in [-0.3, -0.25) is 4.79 Å². The van der Waals surface area contributed by atoms with Crippen LogP contribution in [0.4, 0.5) is 5.69 Å².